The second-order valence-corrected chi connectivity index (χ2v) is 6.46. The number of hydrogen-bond acceptors (Lipinski definition) is 4. The number of hydrogen-bond donors (Lipinski definition) is 0. The molecule has 16 heavy (non-hydrogen) atoms. The van der Waals surface area contributed by atoms with Crippen LogP contribution in [0, 0.1) is 0 Å². The van der Waals surface area contributed by atoms with E-state index in [-0.39, 0.29) is 10.7 Å². The Labute approximate surface area is 100 Å². The van der Waals surface area contributed by atoms with Gasteiger partial charge < -0.3 is 0 Å². The molecule has 0 saturated carbocycles. The molecular weight excluding hydrogens is 244 g/mol. The van der Waals surface area contributed by atoms with Crippen molar-refractivity contribution in [3.8, 4) is 0 Å². The van der Waals surface area contributed by atoms with E-state index in [0.717, 1.165) is 12.0 Å². The number of thioether (sulfide) groups is 1. The lowest BCUT2D eigenvalue weighted by atomic mass is 10.1. The van der Waals surface area contributed by atoms with E-state index in [2.05, 4.69) is 0 Å². The summed E-state index contributed by atoms with van der Waals surface area (Å²) < 4.78 is 22.4. The molecule has 0 unspecified atom stereocenters. The van der Waals surface area contributed by atoms with Crippen LogP contribution in [0.3, 0.4) is 0 Å². The first-order chi connectivity index (χ1) is 7.45. The zero-order valence-corrected chi connectivity index (χ0v) is 10.9. The molecule has 88 valence electrons. The molecule has 0 heterocycles. The second kappa shape index (κ2) is 5.50. The molecule has 5 heteroatoms. The third kappa shape index (κ3) is 3.64. The zero-order valence-electron chi connectivity index (χ0n) is 9.26. The fourth-order valence-electron chi connectivity index (χ4n) is 1.23. The lowest BCUT2D eigenvalue weighted by molar-refractivity contribution is 0.0989. The van der Waals surface area contributed by atoms with Crippen LogP contribution in [0.2, 0.25) is 0 Å². The first-order valence-corrected chi connectivity index (χ1v) is 8.06. The summed E-state index contributed by atoms with van der Waals surface area (Å²) in [7, 11) is -3.18. The third-order valence-electron chi connectivity index (χ3n) is 2.14. The van der Waals surface area contributed by atoms with Gasteiger partial charge in [-0.2, -0.15) is 11.8 Å². The van der Waals surface area contributed by atoms with E-state index in [9.17, 15) is 13.2 Å². The van der Waals surface area contributed by atoms with Crippen LogP contribution in [0.4, 0.5) is 0 Å². The van der Waals surface area contributed by atoms with Crippen LogP contribution in [0.1, 0.15) is 16.8 Å². The number of sulfone groups is 1. The summed E-state index contributed by atoms with van der Waals surface area (Å²) >= 11 is 1.62. The number of carbonyl (C=O) groups is 1. The van der Waals surface area contributed by atoms with Crippen LogP contribution in [-0.4, -0.2) is 32.5 Å². The molecule has 0 aliphatic carbocycles. The molecule has 0 aliphatic rings. The Morgan fingerprint density at radius 3 is 2.25 bits per heavy atom. The highest BCUT2D eigenvalue weighted by atomic mass is 32.2. The van der Waals surface area contributed by atoms with E-state index < -0.39 is 9.84 Å². The zero-order chi connectivity index (χ0) is 12.2. The highest BCUT2D eigenvalue weighted by Crippen LogP contribution is 2.12. The van der Waals surface area contributed by atoms with E-state index in [1.54, 1.807) is 23.9 Å². The van der Waals surface area contributed by atoms with E-state index in [4.69, 9.17) is 0 Å². The summed E-state index contributed by atoms with van der Waals surface area (Å²) in [6.45, 7) is 0. The van der Waals surface area contributed by atoms with Crippen molar-refractivity contribution in [1.29, 1.82) is 0 Å². The summed E-state index contributed by atoms with van der Waals surface area (Å²) in [5.74, 6) is 0.835. The van der Waals surface area contributed by atoms with Crippen LogP contribution in [-0.2, 0) is 9.84 Å². The van der Waals surface area contributed by atoms with E-state index >= 15 is 0 Å². The van der Waals surface area contributed by atoms with Crippen molar-refractivity contribution in [2.24, 2.45) is 0 Å². The molecule has 0 aliphatic heterocycles. The Kier molecular flexibility index (Phi) is 4.56. The normalized spacial score (nSPS) is 11.4. The van der Waals surface area contributed by atoms with Crippen LogP contribution >= 0.6 is 11.8 Å². The summed E-state index contributed by atoms with van der Waals surface area (Å²) in [6.07, 6.45) is 3.58. The van der Waals surface area contributed by atoms with Gasteiger partial charge in [0.2, 0.25) is 0 Å². The summed E-state index contributed by atoms with van der Waals surface area (Å²) in [5, 5.41) is 0. The quantitative estimate of drug-likeness (QED) is 0.758. The molecule has 1 aromatic rings. The average Bonchev–Trinajstić information content (AvgIpc) is 2.25. The van der Waals surface area contributed by atoms with E-state index in [0.29, 0.717) is 12.0 Å². The summed E-state index contributed by atoms with van der Waals surface area (Å²) in [6, 6.07) is 6.08. The molecule has 0 atom stereocenters. The largest absolute Gasteiger partial charge is 0.294 e. The van der Waals surface area contributed by atoms with Gasteiger partial charge in [-0.1, -0.05) is 12.1 Å². The van der Waals surface area contributed by atoms with E-state index in [1.165, 1.54) is 12.1 Å². The number of benzene rings is 1. The molecule has 0 N–H and O–H groups in total. The Hall–Kier alpha value is -0.810. The molecular formula is C11H14O3S2. The van der Waals surface area contributed by atoms with Gasteiger partial charge in [0.15, 0.2) is 15.6 Å². The third-order valence-corrected chi connectivity index (χ3v) is 3.88. The van der Waals surface area contributed by atoms with Crippen molar-refractivity contribution in [2.75, 3.05) is 18.3 Å². The van der Waals surface area contributed by atoms with Crippen LogP contribution in [0.15, 0.2) is 29.2 Å². The van der Waals surface area contributed by atoms with Crippen molar-refractivity contribution in [1.82, 2.24) is 0 Å². The Balaban J connectivity index is 2.83. The highest BCUT2D eigenvalue weighted by molar-refractivity contribution is 7.98. The van der Waals surface area contributed by atoms with Gasteiger partial charge in [0.05, 0.1) is 4.90 Å². The summed E-state index contributed by atoms with van der Waals surface area (Å²) in [4.78, 5) is 11.8. The van der Waals surface area contributed by atoms with Crippen LogP contribution < -0.4 is 0 Å². The number of ketones is 1. The smallest absolute Gasteiger partial charge is 0.175 e. The van der Waals surface area contributed by atoms with Gasteiger partial charge in [0, 0.05) is 24.0 Å². The molecule has 1 aromatic carbocycles. The van der Waals surface area contributed by atoms with Gasteiger partial charge in [-0.15, -0.1) is 0 Å². The maximum Gasteiger partial charge on any atom is 0.175 e. The maximum absolute atomic E-state index is 11.6. The minimum absolute atomic E-state index is 0.0504. The number of Topliss-reactive ketones (excluding diaryl/α,β-unsaturated/α-hetero) is 1. The number of rotatable bonds is 5. The van der Waals surface area contributed by atoms with Gasteiger partial charge in [0.25, 0.3) is 0 Å². The SMILES string of the molecule is CSCCC(=O)c1ccc(S(C)(=O)=O)cc1. The molecule has 3 nitrogen and oxygen atoms in total. The fourth-order valence-corrected chi connectivity index (χ4v) is 2.25. The second-order valence-electron chi connectivity index (χ2n) is 3.46. The average molecular weight is 258 g/mol. The van der Waals surface area contributed by atoms with Crippen molar-refractivity contribution in [2.45, 2.75) is 11.3 Å². The van der Waals surface area contributed by atoms with Gasteiger partial charge in [-0.3, -0.25) is 4.79 Å². The molecule has 0 amide bonds. The standard InChI is InChI=1S/C11H14O3S2/c1-15-8-7-11(12)9-3-5-10(6-4-9)16(2,13)14/h3-6H,7-8H2,1-2H3. The Morgan fingerprint density at radius 1 is 1.25 bits per heavy atom. The van der Waals surface area contributed by atoms with Crippen molar-refractivity contribution in [3.05, 3.63) is 29.8 Å². The fraction of sp³-hybridized carbons (Fsp3) is 0.364. The molecule has 1 rings (SSSR count). The minimum Gasteiger partial charge on any atom is -0.294 e. The predicted molar refractivity (Wildman–Crippen MR) is 66.9 cm³/mol. The molecule has 0 aromatic heterocycles. The lowest BCUT2D eigenvalue weighted by Gasteiger charge is -2.01. The summed E-state index contributed by atoms with van der Waals surface area (Å²) in [5.41, 5.74) is 0.571. The van der Waals surface area contributed by atoms with Crippen LogP contribution in [0.5, 0.6) is 0 Å². The van der Waals surface area contributed by atoms with Gasteiger partial charge in [0.1, 0.15) is 0 Å². The van der Waals surface area contributed by atoms with Gasteiger partial charge in [-0.05, 0) is 18.4 Å². The minimum atomic E-state index is -3.18. The molecule has 0 fully saturated rings. The molecule has 0 spiro atoms. The molecule has 0 radical (unpaired) electrons. The first-order valence-electron chi connectivity index (χ1n) is 4.77. The monoisotopic (exact) mass is 258 g/mol. The molecule has 0 bridgehead atoms. The lowest BCUT2D eigenvalue weighted by Crippen LogP contribution is -2.02. The highest BCUT2D eigenvalue weighted by Gasteiger charge is 2.09. The maximum atomic E-state index is 11.6. The Morgan fingerprint density at radius 2 is 1.81 bits per heavy atom. The van der Waals surface area contributed by atoms with Crippen molar-refractivity contribution < 1.29 is 13.2 Å². The van der Waals surface area contributed by atoms with Crippen molar-refractivity contribution in [3.63, 3.8) is 0 Å². The van der Waals surface area contributed by atoms with Gasteiger partial charge in [-0.25, -0.2) is 8.42 Å². The first kappa shape index (κ1) is 13.3. The van der Waals surface area contributed by atoms with E-state index in [1.807, 2.05) is 6.26 Å². The Bertz CT molecular complexity index is 461. The van der Waals surface area contributed by atoms with Gasteiger partial charge >= 0.3 is 0 Å². The van der Waals surface area contributed by atoms with Crippen molar-refractivity contribution >= 4 is 27.4 Å². The van der Waals surface area contributed by atoms with Crippen LogP contribution in [0.25, 0.3) is 0 Å². The topological polar surface area (TPSA) is 51.2 Å². The predicted octanol–water partition coefficient (Wildman–Crippen LogP) is 2.03. The molecule has 0 saturated heterocycles. The number of carbonyl (C=O) groups excluding carboxylic acids is 1.